The molecule has 1 N–H and O–H groups in total. The van der Waals surface area contributed by atoms with Crippen molar-refractivity contribution >= 4 is 44.4 Å². The number of halogens is 1. The van der Waals surface area contributed by atoms with E-state index in [2.05, 4.69) is 10.7 Å². The third kappa shape index (κ3) is 78.2. The molecule has 0 saturated heterocycles. The average Bonchev–Trinajstić information content (AvgIpc) is 0.722. The van der Waals surface area contributed by atoms with Gasteiger partial charge in [-0.15, -0.1) is 0 Å². The van der Waals surface area contributed by atoms with Gasteiger partial charge in [0.2, 0.25) is 0 Å². The van der Waals surface area contributed by atoms with Gasteiger partial charge in [-0.05, 0) is 0 Å². The van der Waals surface area contributed by atoms with Gasteiger partial charge in [0.15, 0.2) is 0 Å². The molecule has 0 aliphatic heterocycles. The molecule has 0 aliphatic rings. The molecule has 0 bridgehead atoms. The van der Waals surface area contributed by atoms with Crippen LogP contribution < -0.4 is 0 Å². The molecule has 0 saturated carbocycles. The van der Waals surface area contributed by atoms with E-state index in [1.807, 2.05) is 0 Å². The Hall–Kier alpha value is 1.02. The van der Waals surface area contributed by atoms with Crippen LogP contribution in [-0.4, -0.2) is 37.4 Å². The first-order valence-electron chi connectivity index (χ1n) is 0.670. The average molecular weight is 241 g/mol. The van der Waals surface area contributed by atoms with Gasteiger partial charge in [0.1, 0.15) is 0 Å². The molecule has 0 atom stereocenters. The molecule has 0 spiro atoms. The van der Waals surface area contributed by atoms with Crippen molar-refractivity contribution in [2.24, 2.45) is 0 Å². The Labute approximate surface area is 57.4 Å². The van der Waals surface area contributed by atoms with E-state index in [0.29, 0.717) is 0 Å². The van der Waals surface area contributed by atoms with Crippen LogP contribution in [0.4, 0.5) is 0 Å². The second kappa shape index (κ2) is 3.08. The van der Waals surface area contributed by atoms with Crippen LogP contribution in [-0.2, 0) is 9.33 Å². The Balaban J connectivity index is 0. The van der Waals surface area contributed by atoms with Crippen LogP contribution in [0.3, 0.4) is 0 Å². The summed E-state index contributed by atoms with van der Waals surface area (Å²) in [6, 6.07) is 0. The second-order valence-electron chi connectivity index (χ2n) is 0.412. The van der Waals surface area contributed by atoms with E-state index in [9.17, 15) is 0 Å². The van der Waals surface area contributed by atoms with Gasteiger partial charge in [-0.3, -0.25) is 4.55 Å². The summed E-state index contributed by atoms with van der Waals surface area (Å²) in [4.78, 5) is 0. The number of hydrogen-bond acceptors (Lipinski definition) is 2. The summed E-state index contributed by atoms with van der Waals surface area (Å²) in [5.41, 5.74) is 0. The molecular weight excluding hydrogens is 237 g/mol. The van der Waals surface area contributed by atoms with E-state index in [-0.39, 0.29) is 24.4 Å². The maximum absolute atomic E-state index is 8.95. The number of hydrogen-bond donors (Lipinski definition) is 1. The van der Waals surface area contributed by atoms with Crippen molar-refractivity contribution in [2.45, 2.75) is 0 Å². The van der Waals surface area contributed by atoms with Crippen LogP contribution in [0.1, 0.15) is 0 Å². The van der Waals surface area contributed by atoms with Crippen molar-refractivity contribution in [3.05, 3.63) is 0 Å². The third-order valence-electron chi connectivity index (χ3n) is 0. The fourth-order valence-corrected chi connectivity index (χ4v) is 0. The molecule has 0 aromatic carbocycles. The molecule has 0 radical (unpaired) electrons. The topological polar surface area (TPSA) is 54.4 Å². The fourth-order valence-electron chi connectivity index (χ4n) is 0. The summed E-state index contributed by atoms with van der Waals surface area (Å²) >= 11 is 0. The maximum atomic E-state index is 8.95. The third-order valence-corrected chi connectivity index (χ3v) is 0. The minimum atomic E-state index is -4.19. The molecule has 3 nitrogen and oxygen atoms in total. The van der Waals surface area contributed by atoms with Gasteiger partial charge < -0.3 is 0 Å². The van der Waals surface area contributed by atoms with Gasteiger partial charge in [0.25, 0.3) is 0 Å². The van der Waals surface area contributed by atoms with E-state index in [1.165, 1.54) is 0 Å². The molecular formula is H4ClO3SSb. The van der Waals surface area contributed by atoms with Crippen LogP contribution in [0.5, 0.6) is 0 Å². The summed E-state index contributed by atoms with van der Waals surface area (Å²) in [5.74, 6) is 0. The van der Waals surface area contributed by atoms with Crippen molar-refractivity contribution in [3.8, 4) is 0 Å². The van der Waals surface area contributed by atoms with Gasteiger partial charge in [-0.2, -0.15) is 8.42 Å². The van der Waals surface area contributed by atoms with Crippen molar-refractivity contribution in [1.29, 1.82) is 0 Å². The zero-order valence-electron chi connectivity index (χ0n) is 2.76. The summed E-state index contributed by atoms with van der Waals surface area (Å²) in [6.45, 7) is 0. The van der Waals surface area contributed by atoms with Gasteiger partial charge in [-0.1, -0.05) is 0 Å². The van der Waals surface area contributed by atoms with E-state index in [4.69, 9.17) is 13.0 Å². The van der Waals surface area contributed by atoms with Crippen LogP contribution in [0.2, 0.25) is 0 Å². The fraction of sp³-hybridized carbons (Fsp3) is 0. The Kier molecular flexibility index (Phi) is 5.18. The van der Waals surface area contributed by atoms with Gasteiger partial charge in [-0.25, -0.2) is 0 Å². The summed E-state index contributed by atoms with van der Waals surface area (Å²) in [6.07, 6.45) is 0. The van der Waals surface area contributed by atoms with Crippen molar-refractivity contribution in [2.75, 3.05) is 0 Å². The zero-order valence-corrected chi connectivity index (χ0v) is 8.37. The van der Waals surface area contributed by atoms with E-state index in [1.54, 1.807) is 0 Å². The summed E-state index contributed by atoms with van der Waals surface area (Å²) in [5, 5.41) is 0. The molecule has 6 heavy (non-hydrogen) atoms. The molecule has 0 aromatic heterocycles. The van der Waals surface area contributed by atoms with Crippen LogP contribution in [0, 0.1) is 0 Å². The molecule has 0 amide bonds. The van der Waals surface area contributed by atoms with Crippen molar-refractivity contribution in [1.82, 2.24) is 0 Å². The van der Waals surface area contributed by atoms with Crippen LogP contribution >= 0.6 is 10.7 Å². The van der Waals surface area contributed by atoms with E-state index < -0.39 is 9.33 Å². The molecule has 0 unspecified atom stereocenters. The monoisotopic (exact) mass is 240 g/mol. The predicted octanol–water partition coefficient (Wildman–Crippen LogP) is -1.16. The zero-order chi connectivity index (χ0) is 4.50. The Bertz CT molecular complexity index is 94.0. The quantitative estimate of drug-likeness (QED) is 0.331. The van der Waals surface area contributed by atoms with Crippen molar-refractivity contribution in [3.63, 3.8) is 0 Å². The Morgan fingerprint density at radius 2 is 1.50 bits per heavy atom. The first-order valence-corrected chi connectivity index (χ1v) is 2.94. The van der Waals surface area contributed by atoms with Crippen LogP contribution in [0.25, 0.3) is 0 Å². The molecule has 0 aromatic rings. The first kappa shape index (κ1) is 10.1. The van der Waals surface area contributed by atoms with Crippen LogP contribution in [0.15, 0.2) is 0 Å². The van der Waals surface area contributed by atoms with E-state index in [0.717, 1.165) is 0 Å². The van der Waals surface area contributed by atoms with E-state index >= 15 is 0 Å². The molecule has 0 aliphatic carbocycles. The first-order chi connectivity index (χ1) is 2.00. The SMILES string of the molecule is O=S(=O)(O)Cl.[SbH3]. The molecule has 40 valence electrons. The minimum absolute atomic E-state index is 0. The van der Waals surface area contributed by atoms with Gasteiger partial charge in [0, 0.05) is 10.7 Å². The second-order valence-corrected chi connectivity index (χ2v) is 2.41. The molecule has 0 heterocycles. The number of rotatable bonds is 0. The molecule has 0 fully saturated rings. The standard InChI is InChI=1S/ClHO3S.Sb.3H/c1-5(2,3)4;;;;/h(H,2,3,4);;;;. The summed E-state index contributed by atoms with van der Waals surface area (Å²) < 4.78 is 25.2. The summed E-state index contributed by atoms with van der Waals surface area (Å²) in [7, 11) is -0.137. The normalized spacial score (nSPS) is 9.67. The van der Waals surface area contributed by atoms with Gasteiger partial charge >= 0.3 is 33.8 Å². The predicted molar refractivity (Wildman–Crippen MR) is 27.3 cm³/mol. The molecule has 0 rings (SSSR count). The Morgan fingerprint density at radius 3 is 1.50 bits per heavy atom. The Morgan fingerprint density at radius 1 is 1.50 bits per heavy atom. The van der Waals surface area contributed by atoms with Crippen molar-refractivity contribution < 1.29 is 13.0 Å². The van der Waals surface area contributed by atoms with Gasteiger partial charge in [0.05, 0.1) is 0 Å². The molecule has 6 heteroatoms.